The molecule has 0 bridgehead atoms. The van der Waals surface area contributed by atoms with Gasteiger partial charge in [-0.05, 0) is 18.1 Å². The number of nitrogens with one attached hydrogen (secondary N) is 1. The molecule has 1 aromatic carbocycles. The molecule has 0 unspecified atom stereocenters. The van der Waals surface area contributed by atoms with E-state index >= 15 is 0 Å². The summed E-state index contributed by atoms with van der Waals surface area (Å²) in [5, 5.41) is 3.17. The van der Waals surface area contributed by atoms with Crippen LogP contribution in [0.5, 0.6) is 0 Å². The number of nitrogens with zero attached hydrogens (tertiary/aromatic N) is 4. The van der Waals surface area contributed by atoms with E-state index in [1.807, 2.05) is 0 Å². The Morgan fingerprint density at radius 1 is 1.32 bits per heavy atom. The van der Waals surface area contributed by atoms with E-state index in [0.29, 0.717) is 18.3 Å². The largest absolute Gasteiger partial charge is 0.369 e. The Labute approximate surface area is 129 Å². The number of benzene rings is 1. The van der Waals surface area contributed by atoms with Crippen molar-refractivity contribution in [3.05, 3.63) is 41.8 Å². The molecule has 0 amide bonds. The maximum atomic E-state index is 13.6. The number of rotatable bonds is 5. The van der Waals surface area contributed by atoms with Gasteiger partial charge in [-0.15, -0.1) is 0 Å². The molecule has 116 valence electrons. The molecule has 1 aliphatic rings. The minimum atomic E-state index is -0.413. The van der Waals surface area contributed by atoms with Gasteiger partial charge in [0.15, 0.2) is 11.6 Å². The number of hydrogen-bond donors (Lipinski definition) is 1. The quantitative estimate of drug-likeness (QED) is 0.917. The molecular formula is C16H20FN5. The third kappa shape index (κ3) is 2.95. The van der Waals surface area contributed by atoms with Gasteiger partial charge in [-0.2, -0.15) is 4.98 Å². The summed E-state index contributed by atoms with van der Waals surface area (Å²) in [6.07, 6.45) is 2.30. The van der Waals surface area contributed by atoms with E-state index in [4.69, 9.17) is 0 Å². The van der Waals surface area contributed by atoms with Crippen LogP contribution in [0.3, 0.4) is 0 Å². The SMILES string of the molecule is CN(C)c1nc(NCCN2CCc3ccccc32)ncc1F. The number of anilines is 3. The van der Waals surface area contributed by atoms with Gasteiger partial charge < -0.3 is 15.1 Å². The first-order chi connectivity index (χ1) is 10.6. The average Bonchev–Trinajstić information content (AvgIpc) is 2.92. The monoisotopic (exact) mass is 301 g/mol. The van der Waals surface area contributed by atoms with Crippen LogP contribution in [0, 0.1) is 5.82 Å². The van der Waals surface area contributed by atoms with Crippen LogP contribution in [0.1, 0.15) is 5.56 Å². The van der Waals surface area contributed by atoms with E-state index in [9.17, 15) is 4.39 Å². The van der Waals surface area contributed by atoms with E-state index < -0.39 is 5.82 Å². The van der Waals surface area contributed by atoms with Gasteiger partial charge in [-0.1, -0.05) is 18.2 Å². The van der Waals surface area contributed by atoms with Crippen molar-refractivity contribution in [3.63, 3.8) is 0 Å². The van der Waals surface area contributed by atoms with Crippen molar-refractivity contribution in [2.24, 2.45) is 0 Å². The zero-order valence-corrected chi connectivity index (χ0v) is 12.9. The number of halogens is 1. The molecule has 1 aliphatic heterocycles. The molecule has 1 aromatic heterocycles. The maximum absolute atomic E-state index is 13.6. The van der Waals surface area contributed by atoms with Gasteiger partial charge in [0, 0.05) is 39.4 Å². The molecule has 0 fully saturated rings. The van der Waals surface area contributed by atoms with E-state index in [-0.39, 0.29) is 0 Å². The molecule has 0 saturated carbocycles. The van der Waals surface area contributed by atoms with E-state index in [1.54, 1.807) is 19.0 Å². The van der Waals surface area contributed by atoms with Crippen molar-refractivity contribution in [2.75, 3.05) is 48.8 Å². The first-order valence-corrected chi connectivity index (χ1v) is 7.42. The lowest BCUT2D eigenvalue weighted by atomic mass is 10.2. The Bertz CT molecular complexity index is 659. The Morgan fingerprint density at radius 2 is 2.14 bits per heavy atom. The lowest BCUT2D eigenvalue weighted by Crippen LogP contribution is -2.27. The van der Waals surface area contributed by atoms with Crippen LogP contribution in [0.25, 0.3) is 0 Å². The first kappa shape index (κ1) is 14.6. The van der Waals surface area contributed by atoms with Gasteiger partial charge in [0.1, 0.15) is 0 Å². The van der Waals surface area contributed by atoms with Crippen molar-refractivity contribution < 1.29 is 4.39 Å². The summed E-state index contributed by atoms with van der Waals surface area (Å²) in [5.41, 5.74) is 2.70. The second-order valence-corrected chi connectivity index (χ2v) is 5.55. The molecule has 2 aromatic rings. The van der Waals surface area contributed by atoms with Crippen LogP contribution in [0.2, 0.25) is 0 Å². The van der Waals surface area contributed by atoms with Crippen molar-refractivity contribution in [3.8, 4) is 0 Å². The Morgan fingerprint density at radius 3 is 2.95 bits per heavy atom. The van der Waals surface area contributed by atoms with Crippen molar-refractivity contribution in [2.45, 2.75) is 6.42 Å². The van der Waals surface area contributed by atoms with Gasteiger partial charge in [0.05, 0.1) is 6.20 Å². The molecule has 0 radical (unpaired) electrons. The second-order valence-electron chi connectivity index (χ2n) is 5.55. The van der Waals surface area contributed by atoms with E-state index in [0.717, 1.165) is 19.5 Å². The van der Waals surface area contributed by atoms with Gasteiger partial charge in [-0.3, -0.25) is 0 Å². The summed E-state index contributed by atoms with van der Waals surface area (Å²) in [7, 11) is 3.52. The summed E-state index contributed by atoms with van der Waals surface area (Å²) in [4.78, 5) is 12.2. The minimum absolute atomic E-state index is 0.295. The maximum Gasteiger partial charge on any atom is 0.224 e. The zero-order valence-electron chi connectivity index (χ0n) is 12.9. The molecule has 0 spiro atoms. The molecule has 0 atom stereocenters. The molecule has 5 nitrogen and oxygen atoms in total. The van der Waals surface area contributed by atoms with Crippen molar-refractivity contribution >= 4 is 17.5 Å². The zero-order chi connectivity index (χ0) is 15.5. The molecule has 0 aliphatic carbocycles. The van der Waals surface area contributed by atoms with Crippen LogP contribution < -0.4 is 15.1 Å². The van der Waals surface area contributed by atoms with Crippen LogP contribution in [-0.2, 0) is 6.42 Å². The molecule has 3 rings (SSSR count). The standard InChI is InChI=1S/C16H20FN5/c1-21(2)15-13(17)11-19-16(20-15)18-8-10-22-9-7-12-5-3-4-6-14(12)22/h3-6,11H,7-10H2,1-2H3,(H,18,19,20). The number of aromatic nitrogens is 2. The van der Waals surface area contributed by atoms with Gasteiger partial charge in [0.2, 0.25) is 5.95 Å². The highest BCUT2D eigenvalue weighted by Crippen LogP contribution is 2.26. The Kier molecular flexibility index (Phi) is 4.09. The summed E-state index contributed by atoms with van der Waals surface area (Å²) in [5.74, 6) is 0.339. The topological polar surface area (TPSA) is 44.3 Å². The normalized spacial score (nSPS) is 13.1. The van der Waals surface area contributed by atoms with Crippen LogP contribution in [0.4, 0.5) is 21.8 Å². The Balaban J connectivity index is 1.59. The average molecular weight is 301 g/mol. The Hall–Kier alpha value is -2.37. The van der Waals surface area contributed by atoms with Crippen LogP contribution >= 0.6 is 0 Å². The lowest BCUT2D eigenvalue weighted by Gasteiger charge is -2.19. The minimum Gasteiger partial charge on any atom is -0.369 e. The molecular weight excluding hydrogens is 281 g/mol. The molecule has 0 saturated heterocycles. The number of fused-ring (bicyclic) bond motifs is 1. The summed E-state index contributed by atoms with van der Waals surface area (Å²) in [6, 6.07) is 8.48. The predicted octanol–water partition coefficient (Wildman–Crippen LogP) is 2.16. The highest BCUT2D eigenvalue weighted by atomic mass is 19.1. The van der Waals surface area contributed by atoms with Gasteiger partial charge >= 0.3 is 0 Å². The highest BCUT2D eigenvalue weighted by Gasteiger charge is 2.17. The van der Waals surface area contributed by atoms with Crippen molar-refractivity contribution in [1.29, 1.82) is 0 Å². The van der Waals surface area contributed by atoms with Crippen LogP contribution in [0.15, 0.2) is 30.5 Å². The van der Waals surface area contributed by atoms with Gasteiger partial charge in [-0.25, -0.2) is 9.37 Å². The second kappa shape index (κ2) is 6.17. The fourth-order valence-electron chi connectivity index (χ4n) is 2.70. The summed E-state index contributed by atoms with van der Waals surface area (Å²) < 4.78 is 13.6. The van der Waals surface area contributed by atoms with Crippen LogP contribution in [-0.4, -0.2) is 43.7 Å². The number of para-hydroxylation sites is 1. The third-order valence-corrected chi connectivity index (χ3v) is 3.80. The first-order valence-electron chi connectivity index (χ1n) is 7.42. The lowest BCUT2D eigenvalue weighted by molar-refractivity contribution is 0.612. The molecule has 6 heteroatoms. The van der Waals surface area contributed by atoms with E-state index in [1.165, 1.54) is 17.4 Å². The molecule has 1 N–H and O–H groups in total. The smallest absolute Gasteiger partial charge is 0.224 e. The van der Waals surface area contributed by atoms with Crippen molar-refractivity contribution in [1.82, 2.24) is 9.97 Å². The fourth-order valence-corrected chi connectivity index (χ4v) is 2.70. The third-order valence-electron chi connectivity index (χ3n) is 3.80. The predicted molar refractivity (Wildman–Crippen MR) is 87.2 cm³/mol. The summed E-state index contributed by atoms with van der Waals surface area (Å²) >= 11 is 0. The summed E-state index contributed by atoms with van der Waals surface area (Å²) in [6.45, 7) is 2.62. The van der Waals surface area contributed by atoms with Gasteiger partial charge in [0.25, 0.3) is 0 Å². The fraction of sp³-hybridized carbons (Fsp3) is 0.375. The number of hydrogen-bond acceptors (Lipinski definition) is 5. The van der Waals surface area contributed by atoms with E-state index in [2.05, 4.69) is 44.5 Å². The molecule has 22 heavy (non-hydrogen) atoms. The highest BCUT2D eigenvalue weighted by molar-refractivity contribution is 5.57. The molecule has 2 heterocycles.